The van der Waals surface area contributed by atoms with Crippen LogP contribution in [0.2, 0.25) is 0 Å². The zero-order valence-electron chi connectivity index (χ0n) is 9.60. The van der Waals surface area contributed by atoms with E-state index in [2.05, 4.69) is 18.8 Å². The van der Waals surface area contributed by atoms with Crippen molar-refractivity contribution in [2.75, 3.05) is 5.75 Å². The van der Waals surface area contributed by atoms with Crippen LogP contribution in [0.4, 0.5) is 0 Å². The van der Waals surface area contributed by atoms with Gasteiger partial charge in [0.05, 0.1) is 6.10 Å². The van der Waals surface area contributed by atoms with Crippen molar-refractivity contribution in [3.8, 4) is 0 Å². The Morgan fingerprint density at radius 2 is 2.20 bits per heavy atom. The molecule has 15 heavy (non-hydrogen) atoms. The lowest BCUT2D eigenvalue weighted by Gasteiger charge is -2.12. The predicted molar refractivity (Wildman–Crippen MR) is 65.0 cm³/mol. The van der Waals surface area contributed by atoms with E-state index in [1.54, 1.807) is 24.9 Å². The van der Waals surface area contributed by atoms with Gasteiger partial charge in [0.25, 0.3) is 0 Å². The van der Waals surface area contributed by atoms with Gasteiger partial charge in [-0.15, -0.1) is 11.8 Å². The molecule has 1 N–H and O–H groups in total. The molecule has 0 amide bonds. The minimum atomic E-state index is -0.432. The Kier molecular flexibility index (Phi) is 5.12. The summed E-state index contributed by atoms with van der Waals surface area (Å²) >= 11 is 1.74. The van der Waals surface area contributed by atoms with Gasteiger partial charge in [0.15, 0.2) is 0 Å². The molecule has 1 heterocycles. The molecular weight excluding hydrogens is 206 g/mol. The van der Waals surface area contributed by atoms with Crippen molar-refractivity contribution >= 4 is 11.8 Å². The number of aliphatic hydroxyl groups excluding tert-OH is 1. The molecule has 3 heteroatoms. The van der Waals surface area contributed by atoms with Gasteiger partial charge in [0.1, 0.15) is 5.03 Å². The lowest BCUT2D eigenvalue weighted by Crippen LogP contribution is -2.00. The molecular formula is C12H19NOS. The molecule has 0 aliphatic heterocycles. The summed E-state index contributed by atoms with van der Waals surface area (Å²) in [6.07, 6.45) is 2.53. The molecule has 2 nitrogen and oxygen atoms in total. The van der Waals surface area contributed by atoms with Crippen LogP contribution in [0.25, 0.3) is 0 Å². The molecule has 0 bridgehead atoms. The van der Waals surface area contributed by atoms with Crippen LogP contribution in [0.1, 0.15) is 38.9 Å². The second kappa shape index (κ2) is 6.13. The number of pyridine rings is 1. The van der Waals surface area contributed by atoms with Crippen molar-refractivity contribution in [2.24, 2.45) is 5.92 Å². The van der Waals surface area contributed by atoms with E-state index in [4.69, 9.17) is 0 Å². The number of hydrogen-bond donors (Lipinski definition) is 1. The lowest BCUT2D eigenvalue weighted by molar-refractivity contribution is 0.195. The van der Waals surface area contributed by atoms with E-state index in [0.29, 0.717) is 5.92 Å². The Morgan fingerprint density at radius 1 is 1.47 bits per heavy atom. The molecule has 0 aromatic carbocycles. The first-order valence-corrected chi connectivity index (χ1v) is 6.39. The molecule has 1 aromatic heterocycles. The Morgan fingerprint density at radius 3 is 2.80 bits per heavy atom. The van der Waals surface area contributed by atoms with Crippen LogP contribution in [0.15, 0.2) is 23.4 Å². The predicted octanol–water partition coefficient (Wildman–Crippen LogP) is 3.27. The molecule has 2 atom stereocenters. The van der Waals surface area contributed by atoms with Gasteiger partial charge >= 0.3 is 0 Å². The third-order valence-electron chi connectivity index (χ3n) is 2.45. The molecule has 0 saturated heterocycles. The van der Waals surface area contributed by atoms with Gasteiger partial charge in [-0.1, -0.05) is 26.3 Å². The quantitative estimate of drug-likeness (QED) is 0.781. The first kappa shape index (κ1) is 12.5. The summed E-state index contributed by atoms with van der Waals surface area (Å²) in [4.78, 5) is 4.31. The molecule has 0 aliphatic rings. The van der Waals surface area contributed by atoms with E-state index in [9.17, 15) is 5.11 Å². The molecule has 1 rings (SSSR count). The number of aromatic nitrogens is 1. The zero-order valence-corrected chi connectivity index (χ0v) is 10.4. The molecule has 0 radical (unpaired) electrons. The summed E-state index contributed by atoms with van der Waals surface area (Å²) in [6.45, 7) is 6.21. The standard InChI is InChI=1S/C12H19NOS/c1-4-9(2)8-15-12-11(10(3)14)6-5-7-13-12/h5-7,9-10,14H,4,8H2,1-3H3. The van der Waals surface area contributed by atoms with Crippen LogP contribution >= 0.6 is 11.8 Å². The summed E-state index contributed by atoms with van der Waals surface area (Å²) in [7, 11) is 0. The van der Waals surface area contributed by atoms with Crippen LogP contribution in [-0.2, 0) is 0 Å². The van der Waals surface area contributed by atoms with Crippen molar-refractivity contribution in [3.63, 3.8) is 0 Å². The first-order valence-electron chi connectivity index (χ1n) is 5.41. The fourth-order valence-electron chi connectivity index (χ4n) is 1.18. The number of aliphatic hydroxyl groups is 1. The summed E-state index contributed by atoms with van der Waals surface area (Å²) in [6, 6.07) is 3.81. The van der Waals surface area contributed by atoms with Crippen LogP contribution < -0.4 is 0 Å². The smallest absolute Gasteiger partial charge is 0.102 e. The molecule has 1 aromatic rings. The van der Waals surface area contributed by atoms with E-state index in [1.807, 2.05) is 12.1 Å². The highest BCUT2D eigenvalue weighted by molar-refractivity contribution is 7.99. The highest BCUT2D eigenvalue weighted by Crippen LogP contribution is 2.27. The Balaban J connectivity index is 2.67. The van der Waals surface area contributed by atoms with Crippen LogP contribution in [0.5, 0.6) is 0 Å². The van der Waals surface area contributed by atoms with Gasteiger partial charge in [-0.2, -0.15) is 0 Å². The van der Waals surface area contributed by atoms with E-state index in [1.165, 1.54) is 6.42 Å². The summed E-state index contributed by atoms with van der Waals surface area (Å²) in [5.41, 5.74) is 0.936. The van der Waals surface area contributed by atoms with Crippen molar-refractivity contribution in [1.82, 2.24) is 4.98 Å². The van der Waals surface area contributed by atoms with Crippen LogP contribution in [-0.4, -0.2) is 15.8 Å². The fourth-order valence-corrected chi connectivity index (χ4v) is 2.40. The van der Waals surface area contributed by atoms with Gasteiger partial charge in [0.2, 0.25) is 0 Å². The summed E-state index contributed by atoms with van der Waals surface area (Å²) < 4.78 is 0. The normalized spacial score (nSPS) is 14.9. The number of thioether (sulfide) groups is 1. The van der Waals surface area contributed by atoms with E-state index in [-0.39, 0.29) is 0 Å². The number of nitrogens with zero attached hydrogens (tertiary/aromatic N) is 1. The Labute approximate surface area is 96.1 Å². The SMILES string of the molecule is CCC(C)CSc1ncccc1C(C)O. The maximum atomic E-state index is 9.57. The molecule has 84 valence electrons. The summed E-state index contributed by atoms with van der Waals surface area (Å²) in [5, 5.41) is 10.5. The third kappa shape index (κ3) is 3.84. The van der Waals surface area contributed by atoms with Crippen molar-refractivity contribution < 1.29 is 5.11 Å². The number of rotatable bonds is 5. The summed E-state index contributed by atoms with van der Waals surface area (Å²) in [5.74, 6) is 1.76. The first-order chi connectivity index (χ1) is 7.15. The van der Waals surface area contributed by atoms with E-state index in [0.717, 1.165) is 16.3 Å². The van der Waals surface area contributed by atoms with Gasteiger partial charge in [0, 0.05) is 17.5 Å². The maximum Gasteiger partial charge on any atom is 0.102 e. The average molecular weight is 225 g/mol. The minimum absolute atomic E-state index is 0.432. The van der Waals surface area contributed by atoms with Crippen molar-refractivity contribution in [1.29, 1.82) is 0 Å². The zero-order chi connectivity index (χ0) is 11.3. The second-order valence-corrected chi connectivity index (χ2v) is 4.91. The highest BCUT2D eigenvalue weighted by atomic mass is 32.2. The van der Waals surface area contributed by atoms with Gasteiger partial charge in [-0.3, -0.25) is 0 Å². The third-order valence-corrected chi connectivity index (χ3v) is 3.80. The molecule has 0 fully saturated rings. The Bertz CT molecular complexity index is 301. The van der Waals surface area contributed by atoms with Crippen molar-refractivity contribution in [3.05, 3.63) is 23.9 Å². The lowest BCUT2D eigenvalue weighted by atomic mass is 10.2. The van der Waals surface area contributed by atoms with Crippen molar-refractivity contribution in [2.45, 2.75) is 38.3 Å². The molecule has 2 unspecified atom stereocenters. The van der Waals surface area contributed by atoms with E-state index < -0.39 is 6.10 Å². The van der Waals surface area contributed by atoms with Gasteiger partial charge in [-0.25, -0.2) is 4.98 Å². The molecule has 0 saturated carbocycles. The highest BCUT2D eigenvalue weighted by Gasteiger charge is 2.10. The van der Waals surface area contributed by atoms with Crippen LogP contribution in [0.3, 0.4) is 0 Å². The second-order valence-electron chi connectivity index (χ2n) is 3.90. The molecule has 0 spiro atoms. The minimum Gasteiger partial charge on any atom is -0.389 e. The fraction of sp³-hybridized carbons (Fsp3) is 0.583. The molecule has 0 aliphatic carbocycles. The largest absolute Gasteiger partial charge is 0.389 e. The Hall–Kier alpha value is -0.540. The maximum absolute atomic E-state index is 9.57. The van der Waals surface area contributed by atoms with E-state index >= 15 is 0 Å². The van der Waals surface area contributed by atoms with Crippen LogP contribution in [0, 0.1) is 5.92 Å². The number of hydrogen-bond acceptors (Lipinski definition) is 3. The van der Waals surface area contributed by atoms with Gasteiger partial charge in [-0.05, 0) is 18.9 Å². The van der Waals surface area contributed by atoms with Gasteiger partial charge < -0.3 is 5.11 Å². The average Bonchev–Trinajstić information content (AvgIpc) is 2.26. The monoisotopic (exact) mass is 225 g/mol. The topological polar surface area (TPSA) is 33.1 Å².